The molecule has 3 rings (SSSR count). The summed E-state index contributed by atoms with van der Waals surface area (Å²) in [5.41, 5.74) is 1.83. The molecular weight excluding hydrogens is 356 g/mol. The summed E-state index contributed by atoms with van der Waals surface area (Å²) >= 11 is 0. The number of aryl methyl sites for hydroxylation is 1. The van der Waals surface area contributed by atoms with Crippen LogP contribution in [0.5, 0.6) is 5.75 Å². The minimum absolute atomic E-state index is 0.0494. The Kier molecular flexibility index (Phi) is 5.93. The summed E-state index contributed by atoms with van der Waals surface area (Å²) in [6.07, 6.45) is -0.350. The van der Waals surface area contributed by atoms with Gasteiger partial charge in [-0.1, -0.05) is 29.8 Å². The number of methoxy groups -OCH3 is 1. The van der Waals surface area contributed by atoms with Gasteiger partial charge in [-0.2, -0.15) is 8.42 Å². The lowest BCUT2D eigenvalue weighted by Gasteiger charge is -2.30. The molecule has 0 saturated carbocycles. The van der Waals surface area contributed by atoms with Gasteiger partial charge < -0.3 is 14.2 Å². The molecule has 26 heavy (non-hydrogen) atoms. The predicted octanol–water partition coefficient (Wildman–Crippen LogP) is 3.21. The molecule has 2 aromatic carbocycles. The van der Waals surface area contributed by atoms with Crippen LogP contribution >= 0.6 is 0 Å². The van der Waals surface area contributed by atoms with Gasteiger partial charge in [-0.15, -0.1) is 0 Å². The van der Waals surface area contributed by atoms with Gasteiger partial charge in [0, 0.05) is 5.56 Å². The summed E-state index contributed by atoms with van der Waals surface area (Å²) in [5.74, 6) is 0.744. The fourth-order valence-electron chi connectivity index (χ4n) is 2.59. The molecule has 0 spiro atoms. The van der Waals surface area contributed by atoms with Crippen molar-refractivity contribution >= 4 is 10.1 Å². The molecule has 0 bridgehead atoms. The highest BCUT2D eigenvalue weighted by Gasteiger charge is 2.27. The molecule has 1 saturated heterocycles. The van der Waals surface area contributed by atoms with E-state index in [1.54, 1.807) is 19.2 Å². The summed E-state index contributed by atoms with van der Waals surface area (Å²) < 4.78 is 46.4. The van der Waals surface area contributed by atoms with Gasteiger partial charge in [0.2, 0.25) is 0 Å². The van der Waals surface area contributed by atoms with E-state index in [1.807, 2.05) is 31.2 Å². The van der Waals surface area contributed by atoms with Crippen molar-refractivity contribution in [2.24, 2.45) is 0 Å². The number of hydrogen-bond donors (Lipinski definition) is 0. The van der Waals surface area contributed by atoms with Gasteiger partial charge in [-0.25, -0.2) is 0 Å². The topological polar surface area (TPSA) is 71.1 Å². The average Bonchev–Trinajstić information content (AvgIpc) is 2.67. The van der Waals surface area contributed by atoms with Crippen molar-refractivity contribution in [1.82, 2.24) is 0 Å². The summed E-state index contributed by atoms with van der Waals surface area (Å²) in [5, 5.41) is 0. The van der Waals surface area contributed by atoms with E-state index >= 15 is 0 Å². The van der Waals surface area contributed by atoms with E-state index < -0.39 is 16.4 Å². The van der Waals surface area contributed by atoms with E-state index in [0.717, 1.165) is 16.9 Å². The molecule has 1 aliphatic rings. The van der Waals surface area contributed by atoms with Crippen LogP contribution in [0.4, 0.5) is 0 Å². The Morgan fingerprint density at radius 1 is 1.08 bits per heavy atom. The molecule has 0 N–H and O–H groups in total. The van der Waals surface area contributed by atoms with E-state index in [9.17, 15) is 8.42 Å². The molecule has 0 aliphatic carbocycles. The average molecular weight is 378 g/mol. The van der Waals surface area contributed by atoms with Crippen LogP contribution in [0.3, 0.4) is 0 Å². The maximum atomic E-state index is 12.3. The molecule has 140 valence electrons. The zero-order valence-electron chi connectivity index (χ0n) is 14.8. The van der Waals surface area contributed by atoms with Crippen LogP contribution in [0.2, 0.25) is 0 Å². The predicted molar refractivity (Wildman–Crippen MR) is 95.5 cm³/mol. The van der Waals surface area contributed by atoms with E-state index in [-0.39, 0.29) is 17.6 Å². The van der Waals surface area contributed by atoms with Crippen LogP contribution in [0.25, 0.3) is 0 Å². The van der Waals surface area contributed by atoms with Crippen molar-refractivity contribution in [3.05, 3.63) is 59.7 Å². The van der Waals surface area contributed by atoms with E-state index in [2.05, 4.69) is 0 Å². The minimum atomic E-state index is -3.80. The first-order chi connectivity index (χ1) is 12.5. The second-order valence-corrected chi connectivity index (χ2v) is 7.69. The molecule has 6 nitrogen and oxygen atoms in total. The van der Waals surface area contributed by atoms with Gasteiger partial charge in [-0.3, -0.25) is 4.18 Å². The van der Waals surface area contributed by atoms with Crippen LogP contribution in [0.15, 0.2) is 53.4 Å². The maximum Gasteiger partial charge on any atom is 0.297 e. The fraction of sp³-hybridized carbons (Fsp3) is 0.368. The Labute approximate surface area is 153 Å². The van der Waals surface area contributed by atoms with Crippen LogP contribution in [0.1, 0.15) is 23.8 Å². The van der Waals surface area contributed by atoms with E-state index in [4.69, 9.17) is 18.4 Å². The van der Waals surface area contributed by atoms with Crippen molar-refractivity contribution in [3.8, 4) is 5.75 Å². The molecule has 0 unspecified atom stereocenters. The maximum absolute atomic E-state index is 12.3. The number of hydrogen-bond acceptors (Lipinski definition) is 6. The summed E-state index contributed by atoms with van der Waals surface area (Å²) in [7, 11) is -2.20. The smallest absolute Gasteiger partial charge is 0.297 e. The van der Waals surface area contributed by atoms with Crippen molar-refractivity contribution < 1.29 is 26.8 Å². The highest BCUT2D eigenvalue weighted by molar-refractivity contribution is 7.86. The normalized spacial score (nSPS) is 20.7. The van der Waals surface area contributed by atoms with Gasteiger partial charge in [0.15, 0.2) is 6.29 Å². The highest BCUT2D eigenvalue weighted by Crippen LogP contribution is 2.28. The molecular formula is C19H22O6S. The number of rotatable bonds is 6. The lowest BCUT2D eigenvalue weighted by molar-refractivity contribution is -0.222. The van der Waals surface area contributed by atoms with Crippen molar-refractivity contribution in [2.75, 3.05) is 20.3 Å². The van der Waals surface area contributed by atoms with Crippen LogP contribution < -0.4 is 4.74 Å². The monoisotopic (exact) mass is 378 g/mol. The van der Waals surface area contributed by atoms with Crippen LogP contribution in [0, 0.1) is 6.92 Å². The minimum Gasteiger partial charge on any atom is -0.497 e. The zero-order chi connectivity index (χ0) is 18.6. The first kappa shape index (κ1) is 18.8. The van der Waals surface area contributed by atoms with Gasteiger partial charge in [0.05, 0.1) is 31.3 Å². The molecule has 1 heterocycles. The Hall–Kier alpha value is -1.93. The lowest BCUT2D eigenvalue weighted by atomic mass is 10.2. The number of benzene rings is 2. The van der Waals surface area contributed by atoms with Crippen molar-refractivity contribution in [2.45, 2.75) is 30.6 Å². The second-order valence-electron chi connectivity index (χ2n) is 6.07. The molecule has 1 aliphatic heterocycles. The third-order valence-electron chi connectivity index (χ3n) is 4.13. The van der Waals surface area contributed by atoms with Crippen molar-refractivity contribution in [3.63, 3.8) is 0 Å². The van der Waals surface area contributed by atoms with Gasteiger partial charge in [-0.05, 0) is 37.6 Å². The zero-order valence-corrected chi connectivity index (χ0v) is 15.6. The Morgan fingerprint density at radius 2 is 1.77 bits per heavy atom. The first-order valence-corrected chi connectivity index (χ1v) is 9.76. The first-order valence-electron chi connectivity index (χ1n) is 8.35. The molecule has 2 atom stereocenters. The van der Waals surface area contributed by atoms with E-state index in [1.165, 1.54) is 12.1 Å². The third kappa shape index (κ3) is 4.62. The molecule has 1 fully saturated rings. The fourth-order valence-corrected chi connectivity index (χ4v) is 3.52. The van der Waals surface area contributed by atoms with Crippen LogP contribution in [-0.4, -0.2) is 34.8 Å². The third-order valence-corrected chi connectivity index (χ3v) is 5.43. The van der Waals surface area contributed by atoms with Crippen LogP contribution in [-0.2, 0) is 23.8 Å². The standard InChI is InChI=1S/C19H22O6S/c1-14-3-9-18(10-4-14)26(20,21)24-13-17-11-12-23-19(25-17)15-5-7-16(22-2)8-6-15/h3-10,17,19H,11-13H2,1-2H3/t17-,19-/m1/s1. The van der Waals surface area contributed by atoms with Gasteiger partial charge in [0.25, 0.3) is 10.1 Å². The number of ether oxygens (including phenoxy) is 3. The highest BCUT2D eigenvalue weighted by atomic mass is 32.2. The summed E-state index contributed by atoms with van der Waals surface area (Å²) in [6, 6.07) is 13.9. The molecule has 7 heteroatoms. The Balaban J connectivity index is 1.60. The lowest BCUT2D eigenvalue weighted by Crippen LogP contribution is -2.31. The quantitative estimate of drug-likeness (QED) is 0.719. The summed E-state index contributed by atoms with van der Waals surface area (Å²) in [6.45, 7) is 2.31. The Morgan fingerprint density at radius 3 is 2.42 bits per heavy atom. The molecule has 0 amide bonds. The van der Waals surface area contributed by atoms with E-state index in [0.29, 0.717) is 13.0 Å². The second kappa shape index (κ2) is 8.18. The molecule has 0 radical (unpaired) electrons. The summed E-state index contributed by atoms with van der Waals surface area (Å²) in [4.78, 5) is 0.141. The largest absolute Gasteiger partial charge is 0.497 e. The van der Waals surface area contributed by atoms with Gasteiger partial charge >= 0.3 is 0 Å². The SMILES string of the molecule is COc1ccc([C@@H]2OCC[C@H](COS(=O)(=O)c3ccc(C)cc3)O2)cc1. The van der Waals surface area contributed by atoms with Crippen molar-refractivity contribution in [1.29, 1.82) is 0 Å². The molecule has 2 aromatic rings. The molecule has 0 aromatic heterocycles. The Bertz CT molecular complexity index is 814. The van der Waals surface area contributed by atoms with Gasteiger partial charge in [0.1, 0.15) is 5.75 Å².